The highest BCUT2D eigenvalue weighted by atomic mass is 16.4. The van der Waals surface area contributed by atoms with Crippen molar-refractivity contribution in [2.45, 2.75) is 45.1 Å². The van der Waals surface area contributed by atoms with Crippen LogP contribution in [0.2, 0.25) is 0 Å². The summed E-state index contributed by atoms with van der Waals surface area (Å²) in [7, 11) is 0. The lowest BCUT2D eigenvalue weighted by atomic mass is 9.97. The van der Waals surface area contributed by atoms with Gasteiger partial charge < -0.3 is 15.7 Å². The molecule has 0 heterocycles. The number of amides is 2. The van der Waals surface area contributed by atoms with Crippen molar-refractivity contribution in [3.63, 3.8) is 0 Å². The van der Waals surface area contributed by atoms with E-state index in [0.29, 0.717) is 11.3 Å². The standard InChI is InChI=1S/C17H22N2O4/c1-11(20)18-16(13-4-2-3-5-13)17(23)19-14-8-6-12(7-9-14)10-15(21)22/h6-9,13,16H,2-5,10H2,1H3,(H,18,20)(H,19,23)(H,21,22). The van der Waals surface area contributed by atoms with Crippen LogP contribution in [0.3, 0.4) is 0 Å². The summed E-state index contributed by atoms with van der Waals surface area (Å²) < 4.78 is 0. The van der Waals surface area contributed by atoms with E-state index in [2.05, 4.69) is 10.6 Å². The molecule has 1 saturated carbocycles. The highest BCUT2D eigenvalue weighted by Crippen LogP contribution is 2.28. The molecule has 1 atom stereocenters. The highest BCUT2D eigenvalue weighted by molar-refractivity contribution is 5.97. The molecule has 124 valence electrons. The lowest BCUT2D eigenvalue weighted by molar-refractivity contribution is -0.136. The lowest BCUT2D eigenvalue weighted by Crippen LogP contribution is -2.47. The molecule has 6 heteroatoms. The first-order valence-corrected chi connectivity index (χ1v) is 7.84. The van der Waals surface area contributed by atoms with Gasteiger partial charge in [0, 0.05) is 12.6 Å². The first-order chi connectivity index (χ1) is 11.0. The first-order valence-electron chi connectivity index (χ1n) is 7.84. The zero-order valence-electron chi connectivity index (χ0n) is 13.2. The van der Waals surface area contributed by atoms with Gasteiger partial charge in [0.15, 0.2) is 0 Å². The van der Waals surface area contributed by atoms with Crippen molar-refractivity contribution in [1.82, 2.24) is 5.32 Å². The topological polar surface area (TPSA) is 95.5 Å². The van der Waals surface area contributed by atoms with E-state index in [0.717, 1.165) is 25.7 Å². The summed E-state index contributed by atoms with van der Waals surface area (Å²) >= 11 is 0. The van der Waals surface area contributed by atoms with Crippen LogP contribution in [0.5, 0.6) is 0 Å². The third kappa shape index (κ3) is 5.09. The SMILES string of the molecule is CC(=O)NC(C(=O)Nc1ccc(CC(=O)O)cc1)C1CCCC1. The fourth-order valence-corrected chi connectivity index (χ4v) is 3.01. The van der Waals surface area contributed by atoms with Crippen molar-refractivity contribution in [2.75, 3.05) is 5.32 Å². The number of carboxylic acids is 1. The van der Waals surface area contributed by atoms with E-state index in [1.54, 1.807) is 24.3 Å². The Morgan fingerprint density at radius 2 is 1.78 bits per heavy atom. The zero-order chi connectivity index (χ0) is 16.8. The lowest BCUT2D eigenvalue weighted by Gasteiger charge is -2.23. The Labute approximate surface area is 135 Å². The maximum atomic E-state index is 12.5. The number of aliphatic carboxylic acids is 1. The number of hydrogen-bond acceptors (Lipinski definition) is 3. The van der Waals surface area contributed by atoms with Gasteiger partial charge in [-0.2, -0.15) is 0 Å². The second-order valence-electron chi connectivity index (χ2n) is 5.98. The van der Waals surface area contributed by atoms with Gasteiger partial charge in [-0.1, -0.05) is 25.0 Å². The van der Waals surface area contributed by atoms with E-state index in [9.17, 15) is 14.4 Å². The van der Waals surface area contributed by atoms with Crippen LogP contribution in [0.1, 0.15) is 38.2 Å². The van der Waals surface area contributed by atoms with Crippen molar-refractivity contribution >= 4 is 23.5 Å². The van der Waals surface area contributed by atoms with Gasteiger partial charge in [0.05, 0.1) is 6.42 Å². The van der Waals surface area contributed by atoms with Crippen molar-refractivity contribution < 1.29 is 19.5 Å². The maximum Gasteiger partial charge on any atom is 0.307 e. The predicted molar refractivity (Wildman–Crippen MR) is 86.0 cm³/mol. The van der Waals surface area contributed by atoms with Crippen LogP contribution in [0.15, 0.2) is 24.3 Å². The molecule has 1 aliphatic rings. The highest BCUT2D eigenvalue weighted by Gasteiger charge is 2.31. The third-order valence-electron chi connectivity index (χ3n) is 4.09. The van der Waals surface area contributed by atoms with Crippen LogP contribution < -0.4 is 10.6 Å². The molecule has 6 nitrogen and oxygen atoms in total. The average Bonchev–Trinajstić information content (AvgIpc) is 3.00. The fourth-order valence-electron chi connectivity index (χ4n) is 3.01. The van der Waals surface area contributed by atoms with Crippen LogP contribution in [0.25, 0.3) is 0 Å². The van der Waals surface area contributed by atoms with E-state index in [1.807, 2.05) is 0 Å². The minimum atomic E-state index is -0.895. The van der Waals surface area contributed by atoms with Crippen molar-refractivity contribution in [1.29, 1.82) is 0 Å². The van der Waals surface area contributed by atoms with Crippen LogP contribution >= 0.6 is 0 Å². The number of benzene rings is 1. The predicted octanol–water partition coefficient (Wildman–Crippen LogP) is 1.95. The molecule has 0 saturated heterocycles. The molecule has 3 N–H and O–H groups in total. The summed E-state index contributed by atoms with van der Waals surface area (Å²) in [6, 6.07) is 6.18. The number of carbonyl (C=O) groups is 3. The maximum absolute atomic E-state index is 12.5. The monoisotopic (exact) mass is 318 g/mol. The van der Waals surface area contributed by atoms with Crippen LogP contribution in [-0.4, -0.2) is 28.9 Å². The summed E-state index contributed by atoms with van der Waals surface area (Å²) in [6.45, 7) is 1.41. The smallest absolute Gasteiger partial charge is 0.307 e. The minimum Gasteiger partial charge on any atom is -0.481 e. The van der Waals surface area contributed by atoms with Gasteiger partial charge in [0.25, 0.3) is 0 Å². The van der Waals surface area contributed by atoms with Gasteiger partial charge >= 0.3 is 5.97 Å². The van der Waals surface area contributed by atoms with E-state index in [4.69, 9.17) is 5.11 Å². The Morgan fingerprint density at radius 3 is 2.30 bits per heavy atom. The molecular formula is C17H22N2O4. The molecule has 0 bridgehead atoms. The number of nitrogens with one attached hydrogen (secondary N) is 2. The molecule has 1 aromatic carbocycles. The largest absolute Gasteiger partial charge is 0.481 e. The Bertz CT molecular complexity index is 577. The molecule has 0 aliphatic heterocycles. The molecule has 2 rings (SSSR count). The number of carbonyl (C=O) groups excluding carboxylic acids is 2. The number of carboxylic acid groups (broad SMARTS) is 1. The summed E-state index contributed by atoms with van der Waals surface area (Å²) in [5.74, 6) is -1.16. The Balaban J connectivity index is 2.02. The van der Waals surface area contributed by atoms with Gasteiger partial charge in [-0.15, -0.1) is 0 Å². The summed E-state index contributed by atoms with van der Waals surface area (Å²) in [5, 5.41) is 14.3. The second-order valence-corrected chi connectivity index (χ2v) is 5.98. The molecule has 0 radical (unpaired) electrons. The summed E-state index contributed by atoms with van der Waals surface area (Å²) in [6.07, 6.45) is 3.99. The van der Waals surface area contributed by atoms with Crippen molar-refractivity contribution in [3.8, 4) is 0 Å². The van der Waals surface area contributed by atoms with Crippen LogP contribution in [0.4, 0.5) is 5.69 Å². The molecule has 1 fully saturated rings. The van der Waals surface area contributed by atoms with Crippen LogP contribution in [0, 0.1) is 5.92 Å². The average molecular weight is 318 g/mol. The normalized spacial score (nSPS) is 15.9. The van der Waals surface area contributed by atoms with E-state index in [-0.39, 0.29) is 24.2 Å². The Morgan fingerprint density at radius 1 is 1.17 bits per heavy atom. The van der Waals surface area contributed by atoms with Gasteiger partial charge in [0.1, 0.15) is 6.04 Å². The van der Waals surface area contributed by atoms with Gasteiger partial charge in [-0.25, -0.2) is 0 Å². The van der Waals surface area contributed by atoms with Gasteiger partial charge in [-0.3, -0.25) is 14.4 Å². The van der Waals surface area contributed by atoms with Crippen LogP contribution in [-0.2, 0) is 20.8 Å². The molecule has 2 amide bonds. The Hall–Kier alpha value is -2.37. The van der Waals surface area contributed by atoms with Gasteiger partial charge in [0.2, 0.25) is 11.8 Å². The quantitative estimate of drug-likeness (QED) is 0.747. The Kier molecular flexibility index (Phi) is 5.73. The molecule has 0 aromatic heterocycles. The third-order valence-corrected chi connectivity index (χ3v) is 4.09. The number of anilines is 1. The van der Waals surface area contributed by atoms with E-state index >= 15 is 0 Å². The number of hydrogen-bond donors (Lipinski definition) is 3. The molecule has 1 aliphatic carbocycles. The number of rotatable bonds is 6. The fraction of sp³-hybridized carbons (Fsp3) is 0.471. The van der Waals surface area contributed by atoms with Crippen molar-refractivity contribution in [2.24, 2.45) is 5.92 Å². The first kappa shape index (κ1) is 17.0. The van der Waals surface area contributed by atoms with E-state index in [1.165, 1.54) is 6.92 Å². The van der Waals surface area contributed by atoms with Crippen molar-refractivity contribution in [3.05, 3.63) is 29.8 Å². The molecule has 1 unspecified atom stereocenters. The minimum absolute atomic E-state index is 0.0508. The molecule has 23 heavy (non-hydrogen) atoms. The summed E-state index contributed by atoms with van der Waals surface area (Å²) in [4.78, 5) is 34.5. The zero-order valence-corrected chi connectivity index (χ0v) is 13.2. The van der Waals surface area contributed by atoms with E-state index < -0.39 is 12.0 Å². The molecule has 1 aromatic rings. The second kappa shape index (κ2) is 7.76. The molecule has 0 spiro atoms. The van der Waals surface area contributed by atoms with Gasteiger partial charge in [-0.05, 0) is 36.5 Å². The summed E-state index contributed by atoms with van der Waals surface area (Å²) in [5.41, 5.74) is 1.27. The molecular weight excluding hydrogens is 296 g/mol.